The highest BCUT2D eigenvalue weighted by atomic mass is 32.2. The number of hydrogen-bond donors (Lipinski definition) is 1. The molecule has 0 aliphatic carbocycles. The van der Waals surface area contributed by atoms with Gasteiger partial charge in [-0.1, -0.05) is 6.07 Å². The van der Waals surface area contributed by atoms with E-state index in [0.29, 0.717) is 17.6 Å². The van der Waals surface area contributed by atoms with E-state index in [1.165, 1.54) is 10.4 Å². The van der Waals surface area contributed by atoms with Gasteiger partial charge in [0.25, 0.3) is 0 Å². The third-order valence-corrected chi connectivity index (χ3v) is 5.45. The van der Waals surface area contributed by atoms with Gasteiger partial charge in [-0.3, -0.25) is 0 Å². The van der Waals surface area contributed by atoms with Crippen LogP contribution >= 0.6 is 11.7 Å². The fraction of sp³-hybridized carbons (Fsp3) is 0.400. The number of morpholine rings is 1. The Morgan fingerprint density at radius 2 is 2.26 bits per heavy atom. The molecule has 0 radical (unpaired) electrons. The fourth-order valence-corrected chi connectivity index (χ4v) is 4.26. The monoisotopic (exact) mass is 300 g/mol. The SMILES string of the molecule is NC1COCCN1S(=O)(=O)c1cccc2nsnc12. The molecular formula is C10H12N4O3S2. The molecule has 2 N–H and O–H groups in total. The smallest absolute Gasteiger partial charge is 0.246 e. The van der Waals surface area contributed by atoms with Gasteiger partial charge in [-0.2, -0.15) is 13.1 Å². The molecule has 1 saturated heterocycles. The van der Waals surface area contributed by atoms with Crippen molar-refractivity contribution >= 4 is 32.8 Å². The Hall–Kier alpha value is -1.13. The van der Waals surface area contributed by atoms with Crippen LogP contribution in [0.5, 0.6) is 0 Å². The molecule has 9 heteroatoms. The van der Waals surface area contributed by atoms with E-state index >= 15 is 0 Å². The standard InChI is InChI=1S/C10H12N4O3S2/c11-9-6-17-5-4-14(9)19(15,16)8-3-1-2-7-10(8)13-18-12-7/h1-3,9H,4-6,11H2. The highest BCUT2D eigenvalue weighted by Gasteiger charge is 2.33. The lowest BCUT2D eigenvalue weighted by atomic mass is 10.3. The molecule has 0 amide bonds. The van der Waals surface area contributed by atoms with Crippen LogP contribution in [0.25, 0.3) is 11.0 Å². The number of benzene rings is 1. The van der Waals surface area contributed by atoms with Gasteiger partial charge >= 0.3 is 0 Å². The number of aromatic nitrogens is 2. The normalized spacial score (nSPS) is 21.8. The highest BCUT2D eigenvalue weighted by molar-refractivity contribution is 7.89. The van der Waals surface area contributed by atoms with Crippen molar-refractivity contribution in [2.45, 2.75) is 11.1 Å². The molecule has 1 aromatic carbocycles. The quantitative estimate of drug-likeness (QED) is 0.838. The topological polar surface area (TPSA) is 98.4 Å². The first kappa shape index (κ1) is 12.9. The van der Waals surface area contributed by atoms with E-state index in [2.05, 4.69) is 8.75 Å². The number of nitrogens with zero attached hydrogens (tertiary/aromatic N) is 3. The number of hydrogen-bond acceptors (Lipinski definition) is 7. The number of nitrogens with two attached hydrogens (primary N) is 1. The zero-order valence-corrected chi connectivity index (χ0v) is 11.5. The molecule has 0 saturated carbocycles. The lowest BCUT2D eigenvalue weighted by Gasteiger charge is -2.31. The molecule has 0 bridgehead atoms. The van der Waals surface area contributed by atoms with E-state index in [-0.39, 0.29) is 18.0 Å². The van der Waals surface area contributed by atoms with E-state index in [9.17, 15) is 8.42 Å². The molecule has 1 aliphatic rings. The van der Waals surface area contributed by atoms with Crippen LogP contribution in [-0.4, -0.2) is 47.4 Å². The third-order valence-electron chi connectivity index (χ3n) is 2.95. The van der Waals surface area contributed by atoms with Gasteiger partial charge in [-0.15, -0.1) is 0 Å². The number of rotatable bonds is 2. The summed E-state index contributed by atoms with van der Waals surface area (Å²) in [5.74, 6) is 0. The van der Waals surface area contributed by atoms with Gasteiger partial charge in [0.15, 0.2) is 0 Å². The van der Waals surface area contributed by atoms with Crippen molar-refractivity contribution < 1.29 is 13.2 Å². The van der Waals surface area contributed by atoms with Gasteiger partial charge in [0.1, 0.15) is 15.9 Å². The minimum Gasteiger partial charge on any atom is -0.377 e. The van der Waals surface area contributed by atoms with E-state index in [1.54, 1.807) is 12.1 Å². The Labute approximate surface area is 114 Å². The van der Waals surface area contributed by atoms with Crippen LogP contribution < -0.4 is 5.73 Å². The number of sulfonamides is 1. The van der Waals surface area contributed by atoms with Crippen molar-refractivity contribution in [3.8, 4) is 0 Å². The van der Waals surface area contributed by atoms with Crippen molar-refractivity contribution in [3.63, 3.8) is 0 Å². The minimum absolute atomic E-state index is 0.149. The van der Waals surface area contributed by atoms with Crippen molar-refractivity contribution in [1.82, 2.24) is 13.1 Å². The second kappa shape index (κ2) is 4.76. The number of ether oxygens (including phenoxy) is 1. The van der Waals surface area contributed by atoms with Crippen LogP contribution in [0, 0.1) is 0 Å². The van der Waals surface area contributed by atoms with Crippen LogP contribution in [-0.2, 0) is 14.8 Å². The summed E-state index contributed by atoms with van der Waals surface area (Å²) in [6.45, 7) is 0.792. The first-order valence-electron chi connectivity index (χ1n) is 5.67. The average Bonchev–Trinajstić information content (AvgIpc) is 2.86. The number of fused-ring (bicyclic) bond motifs is 1. The van der Waals surface area contributed by atoms with E-state index in [1.807, 2.05) is 0 Å². The van der Waals surface area contributed by atoms with Gasteiger partial charge < -0.3 is 10.5 Å². The highest BCUT2D eigenvalue weighted by Crippen LogP contribution is 2.25. The summed E-state index contributed by atoms with van der Waals surface area (Å²) in [5.41, 5.74) is 6.78. The summed E-state index contributed by atoms with van der Waals surface area (Å²) in [7, 11) is -3.68. The molecule has 1 atom stereocenters. The molecule has 1 aliphatic heterocycles. The van der Waals surface area contributed by atoms with Crippen molar-refractivity contribution in [2.24, 2.45) is 5.73 Å². The van der Waals surface area contributed by atoms with E-state index in [4.69, 9.17) is 10.5 Å². The van der Waals surface area contributed by atoms with Gasteiger partial charge in [-0.25, -0.2) is 8.42 Å². The van der Waals surface area contributed by atoms with Crippen molar-refractivity contribution in [3.05, 3.63) is 18.2 Å². The first-order chi connectivity index (χ1) is 9.10. The van der Waals surface area contributed by atoms with Gasteiger partial charge in [0, 0.05) is 6.54 Å². The zero-order chi connectivity index (χ0) is 13.5. The molecule has 3 rings (SSSR count). The maximum Gasteiger partial charge on any atom is 0.246 e. The predicted octanol–water partition coefficient (Wildman–Crippen LogP) is -0.00300. The van der Waals surface area contributed by atoms with Crippen LogP contribution in [0.2, 0.25) is 0 Å². The van der Waals surface area contributed by atoms with Crippen LogP contribution in [0.4, 0.5) is 0 Å². The largest absolute Gasteiger partial charge is 0.377 e. The summed E-state index contributed by atoms with van der Waals surface area (Å²) in [5, 5.41) is 0. The summed E-state index contributed by atoms with van der Waals surface area (Å²) in [4.78, 5) is 0.149. The molecule has 102 valence electrons. The molecule has 2 aromatic rings. The predicted molar refractivity (Wildman–Crippen MR) is 70.1 cm³/mol. The summed E-state index contributed by atoms with van der Waals surface area (Å²) >= 11 is 0.992. The fourth-order valence-electron chi connectivity index (χ4n) is 2.02. The minimum atomic E-state index is -3.68. The lowest BCUT2D eigenvalue weighted by molar-refractivity contribution is 0.0350. The average molecular weight is 300 g/mol. The Morgan fingerprint density at radius 1 is 1.42 bits per heavy atom. The Bertz CT molecular complexity index is 700. The third kappa shape index (κ3) is 2.13. The lowest BCUT2D eigenvalue weighted by Crippen LogP contribution is -2.53. The first-order valence-corrected chi connectivity index (χ1v) is 7.84. The van der Waals surface area contributed by atoms with Crippen molar-refractivity contribution in [2.75, 3.05) is 19.8 Å². The molecule has 0 spiro atoms. The summed E-state index contributed by atoms with van der Waals surface area (Å²) in [6.07, 6.45) is -0.666. The molecule has 2 heterocycles. The Morgan fingerprint density at radius 3 is 3.05 bits per heavy atom. The van der Waals surface area contributed by atoms with Gasteiger partial charge in [0.2, 0.25) is 10.0 Å². The molecule has 19 heavy (non-hydrogen) atoms. The molecule has 1 unspecified atom stereocenters. The van der Waals surface area contributed by atoms with Crippen LogP contribution in [0.1, 0.15) is 0 Å². The zero-order valence-electron chi connectivity index (χ0n) is 9.89. The Kier molecular flexibility index (Phi) is 3.23. The molecule has 1 fully saturated rings. The van der Waals surface area contributed by atoms with Crippen molar-refractivity contribution in [1.29, 1.82) is 0 Å². The van der Waals surface area contributed by atoms with E-state index in [0.717, 1.165) is 11.7 Å². The second-order valence-corrected chi connectivity index (χ2v) is 6.53. The van der Waals surface area contributed by atoms with Gasteiger partial charge in [-0.05, 0) is 12.1 Å². The summed E-state index contributed by atoms with van der Waals surface area (Å²) in [6, 6.07) is 4.92. The molecule has 7 nitrogen and oxygen atoms in total. The molecule has 1 aromatic heterocycles. The van der Waals surface area contributed by atoms with Gasteiger partial charge in [0.05, 0.1) is 31.1 Å². The maximum absolute atomic E-state index is 12.6. The summed E-state index contributed by atoms with van der Waals surface area (Å²) < 4.78 is 39.8. The van der Waals surface area contributed by atoms with Crippen LogP contribution in [0.15, 0.2) is 23.1 Å². The Balaban J connectivity index is 2.11. The van der Waals surface area contributed by atoms with E-state index < -0.39 is 16.2 Å². The maximum atomic E-state index is 12.6. The second-order valence-electron chi connectivity index (χ2n) is 4.15. The molecular weight excluding hydrogens is 288 g/mol. The van der Waals surface area contributed by atoms with Crippen LogP contribution in [0.3, 0.4) is 0 Å².